The van der Waals surface area contributed by atoms with Gasteiger partial charge in [0.2, 0.25) is 0 Å². The third-order valence-electron chi connectivity index (χ3n) is 3.69. The molecule has 8 heteroatoms. The fraction of sp³-hybridized carbons (Fsp3) is 0.529. The molecule has 0 aromatic heterocycles. The lowest BCUT2D eigenvalue weighted by molar-refractivity contribution is -0.144. The van der Waals surface area contributed by atoms with E-state index in [2.05, 4.69) is 10.1 Å². The molecule has 1 aromatic carbocycles. The summed E-state index contributed by atoms with van der Waals surface area (Å²) < 4.78 is 25.3. The van der Waals surface area contributed by atoms with Gasteiger partial charge in [0.1, 0.15) is 23.3 Å². The summed E-state index contributed by atoms with van der Waals surface area (Å²) in [4.78, 5) is 23.2. The maximum atomic E-state index is 11.9. The summed E-state index contributed by atoms with van der Waals surface area (Å²) in [6.07, 6.45) is 0.348. The molecule has 0 aliphatic carbocycles. The maximum Gasteiger partial charge on any atom is 0.322 e. The lowest BCUT2D eigenvalue weighted by Gasteiger charge is -2.19. The molecule has 0 fully saturated rings. The van der Waals surface area contributed by atoms with E-state index in [4.69, 9.17) is 18.9 Å². The molecule has 1 rings (SSSR count). The molecule has 0 aliphatic heterocycles. The van der Waals surface area contributed by atoms with Gasteiger partial charge in [-0.1, -0.05) is 0 Å². The van der Waals surface area contributed by atoms with Gasteiger partial charge in [0, 0.05) is 25.1 Å². The van der Waals surface area contributed by atoms with Crippen LogP contribution in [-0.4, -0.2) is 53.5 Å². The van der Waals surface area contributed by atoms with Crippen molar-refractivity contribution in [2.75, 3.05) is 35.5 Å². The second-order valence-electron chi connectivity index (χ2n) is 5.08. The molecule has 0 aliphatic rings. The summed E-state index contributed by atoms with van der Waals surface area (Å²) >= 11 is 0. The first-order valence-electron chi connectivity index (χ1n) is 7.67. The van der Waals surface area contributed by atoms with Crippen LogP contribution in [0.25, 0.3) is 0 Å². The number of ether oxygens (including phenoxy) is 5. The molecule has 0 amide bonds. The Morgan fingerprint density at radius 3 is 2.00 bits per heavy atom. The minimum absolute atomic E-state index is 0.0974. The fourth-order valence-corrected chi connectivity index (χ4v) is 2.29. The van der Waals surface area contributed by atoms with Gasteiger partial charge in [0.05, 0.1) is 41.1 Å². The molecule has 0 bridgehead atoms. The van der Waals surface area contributed by atoms with Gasteiger partial charge in [-0.3, -0.25) is 14.9 Å². The Bertz CT molecular complexity index is 563. The highest BCUT2D eigenvalue weighted by Gasteiger charge is 2.22. The SMILES string of the molecule is COC(=O)CC[C@H](NCc1c(OC)cc(OC)cc1OC)C(=O)OC. The third kappa shape index (κ3) is 5.82. The molecule has 0 saturated carbocycles. The van der Waals surface area contributed by atoms with E-state index in [0.29, 0.717) is 17.2 Å². The van der Waals surface area contributed by atoms with E-state index in [-0.39, 0.29) is 19.4 Å². The molecule has 140 valence electrons. The van der Waals surface area contributed by atoms with Crippen LogP contribution in [0, 0.1) is 0 Å². The molecule has 25 heavy (non-hydrogen) atoms. The van der Waals surface area contributed by atoms with Gasteiger partial charge >= 0.3 is 11.9 Å². The monoisotopic (exact) mass is 355 g/mol. The fourth-order valence-electron chi connectivity index (χ4n) is 2.29. The number of carbonyl (C=O) groups is 2. The molecular formula is C17H25NO7. The van der Waals surface area contributed by atoms with E-state index in [1.54, 1.807) is 19.2 Å². The number of nitrogens with one attached hydrogen (secondary N) is 1. The number of esters is 2. The van der Waals surface area contributed by atoms with Crippen LogP contribution in [-0.2, 0) is 25.6 Å². The van der Waals surface area contributed by atoms with Crippen LogP contribution < -0.4 is 19.5 Å². The van der Waals surface area contributed by atoms with Gasteiger partial charge in [0.15, 0.2) is 0 Å². The van der Waals surface area contributed by atoms with Crippen molar-refractivity contribution < 1.29 is 33.3 Å². The van der Waals surface area contributed by atoms with Crippen molar-refractivity contribution in [2.45, 2.75) is 25.4 Å². The van der Waals surface area contributed by atoms with Gasteiger partial charge in [-0.15, -0.1) is 0 Å². The van der Waals surface area contributed by atoms with E-state index in [0.717, 1.165) is 5.56 Å². The Morgan fingerprint density at radius 1 is 0.960 bits per heavy atom. The topological polar surface area (TPSA) is 92.3 Å². The van der Waals surface area contributed by atoms with Crippen LogP contribution in [0.3, 0.4) is 0 Å². The molecule has 0 saturated heterocycles. The zero-order valence-electron chi connectivity index (χ0n) is 15.2. The zero-order chi connectivity index (χ0) is 18.8. The second kappa shape index (κ2) is 10.4. The summed E-state index contributed by atoms with van der Waals surface area (Å²) in [6, 6.07) is 2.78. The highest BCUT2D eigenvalue weighted by Crippen LogP contribution is 2.34. The summed E-state index contributed by atoms with van der Waals surface area (Å²) in [5, 5.41) is 3.07. The molecule has 0 unspecified atom stereocenters. The van der Waals surface area contributed by atoms with Crippen LogP contribution in [0.5, 0.6) is 17.2 Å². The largest absolute Gasteiger partial charge is 0.496 e. The lowest BCUT2D eigenvalue weighted by atomic mass is 10.1. The Hall–Kier alpha value is -2.48. The molecule has 8 nitrogen and oxygen atoms in total. The summed E-state index contributed by atoms with van der Waals surface area (Å²) in [5.41, 5.74) is 0.720. The van der Waals surface area contributed by atoms with Gasteiger partial charge in [-0.05, 0) is 6.42 Å². The Kier molecular flexibility index (Phi) is 8.55. The minimum atomic E-state index is -0.666. The average Bonchev–Trinajstić information content (AvgIpc) is 2.66. The Labute approximate surface area is 147 Å². The molecule has 1 aromatic rings. The Morgan fingerprint density at radius 2 is 1.56 bits per heavy atom. The standard InChI is InChI=1S/C17H25NO7/c1-21-11-8-14(22-2)12(15(9-11)23-3)10-18-13(17(20)25-5)6-7-16(19)24-4/h8-9,13,18H,6-7,10H2,1-5H3/t13-/m0/s1. The predicted molar refractivity (Wildman–Crippen MR) is 90.0 cm³/mol. The first-order chi connectivity index (χ1) is 12.0. The van der Waals surface area contributed by atoms with Crippen molar-refractivity contribution in [2.24, 2.45) is 0 Å². The van der Waals surface area contributed by atoms with Gasteiger partial charge in [-0.25, -0.2) is 0 Å². The molecule has 1 atom stereocenters. The highest BCUT2D eigenvalue weighted by molar-refractivity contribution is 5.77. The van der Waals surface area contributed by atoms with Gasteiger partial charge in [-0.2, -0.15) is 0 Å². The second-order valence-corrected chi connectivity index (χ2v) is 5.08. The number of carbonyl (C=O) groups excluding carboxylic acids is 2. The van der Waals surface area contributed by atoms with Crippen molar-refractivity contribution in [3.8, 4) is 17.2 Å². The van der Waals surface area contributed by atoms with Crippen LogP contribution >= 0.6 is 0 Å². The van der Waals surface area contributed by atoms with E-state index >= 15 is 0 Å². The van der Waals surface area contributed by atoms with Crippen LogP contribution in [0.1, 0.15) is 18.4 Å². The van der Waals surface area contributed by atoms with Crippen LogP contribution in [0.4, 0.5) is 0 Å². The minimum Gasteiger partial charge on any atom is -0.496 e. The van der Waals surface area contributed by atoms with Crippen molar-refractivity contribution >= 4 is 11.9 Å². The normalized spacial score (nSPS) is 11.4. The number of hydrogen-bond acceptors (Lipinski definition) is 8. The maximum absolute atomic E-state index is 11.9. The number of benzene rings is 1. The third-order valence-corrected chi connectivity index (χ3v) is 3.69. The molecular weight excluding hydrogens is 330 g/mol. The lowest BCUT2D eigenvalue weighted by Crippen LogP contribution is -2.37. The molecule has 0 radical (unpaired) electrons. The summed E-state index contributed by atoms with van der Waals surface area (Å²) in [5.74, 6) is 0.846. The van der Waals surface area contributed by atoms with E-state index in [1.165, 1.54) is 28.4 Å². The number of methoxy groups -OCH3 is 5. The quantitative estimate of drug-likeness (QED) is 0.628. The summed E-state index contributed by atoms with van der Waals surface area (Å²) in [6.45, 7) is 0.275. The smallest absolute Gasteiger partial charge is 0.322 e. The van der Waals surface area contributed by atoms with Crippen LogP contribution in [0.15, 0.2) is 12.1 Å². The van der Waals surface area contributed by atoms with Crippen molar-refractivity contribution in [1.82, 2.24) is 5.32 Å². The van der Waals surface area contributed by atoms with E-state index in [1.807, 2.05) is 0 Å². The average molecular weight is 355 g/mol. The van der Waals surface area contributed by atoms with Gasteiger partial charge in [0.25, 0.3) is 0 Å². The molecule has 1 N–H and O–H groups in total. The zero-order valence-corrected chi connectivity index (χ0v) is 15.2. The predicted octanol–water partition coefficient (Wildman–Crippen LogP) is 1.30. The molecule has 0 spiro atoms. The van der Waals surface area contributed by atoms with Crippen LogP contribution in [0.2, 0.25) is 0 Å². The Balaban J connectivity index is 2.94. The molecule has 0 heterocycles. The van der Waals surface area contributed by atoms with E-state index in [9.17, 15) is 9.59 Å². The summed E-state index contributed by atoms with van der Waals surface area (Å²) in [7, 11) is 7.21. The number of hydrogen-bond donors (Lipinski definition) is 1. The van der Waals surface area contributed by atoms with Gasteiger partial charge < -0.3 is 23.7 Å². The number of rotatable bonds is 10. The van der Waals surface area contributed by atoms with E-state index < -0.39 is 18.0 Å². The van der Waals surface area contributed by atoms with Crippen molar-refractivity contribution in [3.63, 3.8) is 0 Å². The first kappa shape index (κ1) is 20.6. The first-order valence-corrected chi connectivity index (χ1v) is 7.67. The van der Waals surface area contributed by atoms with Crippen molar-refractivity contribution in [1.29, 1.82) is 0 Å². The highest BCUT2D eigenvalue weighted by atomic mass is 16.5. The van der Waals surface area contributed by atoms with Crippen molar-refractivity contribution in [3.05, 3.63) is 17.7 Å².